The van der Waals surface area contributed by atoms with Crippen LogP contribution in [-0.4, -0.2) is 4.57 Å². The van der Waals surface area contributed by atoms with Crippen molar-refractivity contribution in [2.45, 2.75) is 0 Å². The Balaban J connectivity index is 1.29. The first kappa shape index (κ1) is 31.6. The van der Waals surface area contributed by atoms with Gasteiger partial charge in [-0.2, -0.15) is 0 Å². The van der Waals surface area contributed by atoms with Crippen molar-refractivity contribution in [1.82, 2.24) is 4.57 Å². The van der Waals surface area contributed by atoms with Crippen LogP contribution in [0.25, 0.3) is 71.6 Å². The van der Waals surface area contributed by atoms with Gasteiger partial charge in [-0.3, -0.25) is 0 Å². The molecule has 2 heteroatoms. The molecule has 0 aliphatic rings. The van der Waals surface area contributed by atoms with E-state index in [0.717, 1.165) is 28.3 Å². The van der Waals surface area contributed by atoms with Gasteiger partial charge in [0.2, 0.25) is 0 Å². The molecule has 10 rings (SSSR count). The molecule has 254 valence electrons. The minimum absolute atomic E-state index is 1.10. The lowest BCUT2D eigenvalue weighted by molar-refractivity contribution is 1.18. The van der Waals surface area contributed by atoms with Crippen molar-refractivity contribution in [2.75, 3.05) is 4.90 Å². The Kier molecular flexibility index (Phi) is 7.85. The molecule has 9 aromatic carbocycles. The van der Waals surface area contributed by atoms with Gasteiger partial charge in [0.25, 0.3) is 0 Å². The molecule has 1 heterocycles. The van der Waals surface area contributed by atoms with Gasteiger partial charge in [0.1, 0.15) is 0 Å². The molecule has 0 saturated heterocycles. The minimum atomic E-state index is 1.10. The third-order valence-electron chi connectivity index (χ3n) is 10.6. The van der Waals surface area contributed by atoms with E-state index in [1.54, 1.807) is 0 Å². The number of para-hydroxylation sites is 3. The molecule has 0 saturated carbocycles. The molecule has 0 N–H and O–H groups in total. The highest BCUT2D eigenvalue weighted by atomic mass is 15.2. The monoisotopic (exact) mass is 688 g/mol. The van der Waals surface area contributed by atoms with Crippen LogP contribution in [0, 0.1) is 0 Å². The molecule has 10 aromatic rings. The van der Waals surface area contributed by atoms with Gasteiger partial charge in [-0.25, -0.2) is 0 Å². The number of aromatic nitrogens is 1. The van der Waals surface area contributed by atoms with Gasteiger partial charge in [-0.1, -0.05) is 176 Å². The fourth-order valence-electron chi connectivity index (χ4n) is 8.28. The van der Waals surface area contributed by atoms with Crippen LogP contribution in [0.1, 0.15) is 0 Å². The Labute approximate surface area is 315 Å². The van der Waals surface area contributed by atoms with Crippen LogP contribution < -0.4 is 4.90 Å². The molecule has 2 nitrogen and oxygen atoms in total. The van der Waals surface area contributed by atoms with Gasteiger partial charge >= 0.3 is 0 Å². The SMILES string of the molecule is c1ccc(-c2cccc(N(c3ccccc3)c3cccc4c3c3ccccc3n4-c3ccccc3-c3cccc4ccccc34)c2-c2ccccc2)cc1. The van der Waals surface area contributed by atoms with E-state index < -0.39 is 0 Å². The molecule has 0 atom stereocenters. The smallest absolute Gasteiger partial charge is 0.0562 e. The summed E-state index contributed by atoms with van der Waals surface area (Å²) in [5.41, 5.74) is 14.0. The first-order valence-electron chi connectivity index (χ1n) is 18.5. The first-order valence-corrected chi connectivity index (χ1v) is 18.5. The summed E-state index contributed by atoms with van der Waals surface area (Å²) in [6, 6.07) is 78.9. The average Bonchev–Trinajstić information content (AvgIpc) is 3.59. The van der Waals surface area contributed by atoms with Crippen molar-refractivity contribution in [3.8, 4) is 39.1 Å². The summed E-state index contributed by atoms with van der Waals surface area (Å²) < 4.78 is 2.47. The summed E-state index contributed by atoms with van der Waals surface area (Å²) in [6.07, 6.45) is 0. The molecule has 0 spiro atoms. The Morgan fingerprint density at radius 3 is 1.69 bits per heavy atom. The molecular weight excluding hydrogens is 653 g/mol. The van der Waals surface area contributed by atoms with Crippen LogP contribution in [0.5, 0.6) is 0 Å². The van der Waals surface area contributed by atoms with E-state index in [2.05, 4.69) is 228 Å². The fourth-order valence-corrected chi connectivity index (χ4v) is 8.28. The number of fused-ring (bicyclic) bond motifs is 4. The van der Waals surface area contributed by atoms with E-state index in [1.165, 1.54) is 60.4 Å². The predicted octanol–water partition coefficient (Wildman–Crippen LogP) is 14.4. The Bertz CT molecular complexity index is 2920. The number of benzene rings is 9. The molecular formula is C52H36N2. The number of hydrogen-bond donors (Lipinski definition) is 0. The fraction of sp³-hybridized carbons (Fsp3) is 0. The highest BCUT2D eigenvalue weighted by Gasteiger charge is 2.25. The summed E-state index contributed by atoms with van der Waals surface area (Å²) in [6.45, 7) is 0. The third-order valence-corrected chi connectivity index (χ3v) is 10.6. The van der Waals surface area contributed by atoms with Crippen molar-refractivity contribution in [2.24, 2.45) is 0 Å². The van der Waals surface area contributed by atoms with Crippen molar-refractivity contribution < 1.29 is 0 Å². The summed E-state index contributed by atoms with van der Waals surface area (Å²) in [5.74, 6) is 0. The highest BCUT2D eigenvalue weighted by Crippen LogP contribution is 2.49. The summed E-state index contributed by atoms with van der Waals surface area (Å²) >= 11 is 0. The Morgan fingerprint density at radius 2 is 0.870 bits per heavy atom. The van der Waals surface area contributed by atoms with Crippen molar-refractivity contribution in [1.29, 1.82) is 0 Å². The van der Waals surface area contributed by atoms with E-state index in [4.69, 9.17) is 0 Å². The highest BCUT2D eigenvalue weighted by molar-refractivity contribution is 6.17. The molecule has 0 aliphatic carbocycles. The zero-order chi connectivity index (χ0) is 35.8. The number of rotatable bonds is 7. The maximum Gasteiger partial charge on any atom is 0.0562 e. The average molecular weight is 689 g/mol. The lowest BCUT2D eigenvalue weighted by Gasteiger charge is -2.30. The van der Waals surface area contributed by atoms with E-state index in [1.807, 2.05) is 0 Å². The van der Waals surface area contributed by atoms with Gasteiger partial charge in [0.05, 0.1) is 28.1 Å². The molecule has 0 fully saturated rings. The van der Waals surface area contributed by atoms with E-state index >= 15 is 0 Å². The zero-order valence-corrected chi connectivity index (χ0v) is 29.7. The maximum absolute atomic E-state index is 2.47. The largest absolute Gasteiger partial charge is 0.309 e. The molecule has 0 unspecified atom stereocenters. The van der Waals surface area contributed by atoms with Crippen molar-refractivity contribution >= 4 is 49.6 Å². The second kappa shape index (κ2) is 13.4. The normalized spacial score (nSPS) is 11.3. The van der Waals surface area contributed by atoms with Crippen LogP contribution in [0.2, 0.25) is 0 Å². The van der Waals surface area contributed by atoms with Gasteiger partial charge in [-0.05, 0) is 75.5 Å². The van der Waals surface area contributed by atoms with Crippen LogP contribution >= 0.6 is 0 Å². The predicted molar refractivity (Wildman–Crippen MR) is 229 cm³/mol. The van der Waals surface area contributed by atoms with Crippen LogP contribution in [0.3, 0.4) is 0 Å². The van der Waals surface area contributed by atoms with Crippen LogP contribution in [0.15, 0.2) is 218 Å². The minimum Gasteiger partial charge on any atom is -0.309 e. The van der Waals surface area contributed by atoms with E-state index in [0.29, 0.717) is 0 Å². The topological polar surface area (TPSA) is 8.17 Å². The Morgan fingerprint density at radius 1 is 0.333 bits per heavy atom. The molecule has 0 amide bonds. The van der Waals surface area contributed by atoms with Crippen molar-refractivity contribution in [3.05, 3.63) is 218 Å². The second-order valence-electron chi connectivity index (χ2n) is 13.7. The molecule has 54 heavy (non-hydrogen) atoms. The molecule has 1 aromatic heterocycles. The number of nitrogens with zero attached hydrogens (tertiary/aromatic N) is 2. The van der Waals surface area contributed by atoms with Gasteiger partial charge in [0, 0.05) is 27.6 Å². The number of anilines is 3. The van der Waals surface area contributed by atoms with Crippen LogP contribution in [-0.2, 0) is 0 Å². The van der Waals surface area contributed by atoms with Gasteiger partial charge < -0.3 is 9.47 Å². The molecule has 0 aliphatic heterocycles. The van der Waals surface area contributed by atoms with Gasteiger partial charge in [0.15, 0.2) is 0 Å². The van der Waals surface area contributed by atoms with E-state index in [9.17, 15) is 0 Å². The van der Waals surface area contributed by atoms with Crippen LogP contribution in [0.4, 0.5) is 17.1 Å². The molecule has 0 radical (unpaired) electrons. The first-order chi connectivity index (χ1) is 26.8. The van der Waals surface area contributed by atoms with Crippen molar-refractivity contribution in [3.63, 3.8) is 0 Å². The summed E-state index contributed by atoms with van der Waals surface area (Å²) in [4.78, 5) is 2.46. The second-order valence-corrected chi connectivity index (χ2v) is 13.7. The zero-order valence-electron chi connectivity index (χ0n) is 29.7. The summed E-state index contributed by atoms with van der Waals surface area (Å²) in [7, 11) is 0. The summed E-state index contributed by atoms with van der Waals surface area (Å²) in [5, 5.41) is 4.89. The third kappa shape index (κ3) is 5.27. The lowest BCUT2D eigenvalue weighted by atomic mass is 9.92. The molecule has 0 bridgehead atoms. The number of hydrogen-bond acceptors (Lipinski definition) is 1. The Hall–Kier alpha value is -7.16. The quantitative estimate of drug-likeness (QED) is 0.162. The van der Waals surface area contributed by atoms with E-state index in [-0.39, 0.29) is 0 Å². The maximum atomic E-state index is 2.47. The van der Waals surface area contributed by atoms with Gasteiger partial charge in [-0.15, -0.1) is 0 Å². The lowest BCUT2D eigenvalue weighted by Crippen LogP contribution is -2.12. The standard InChI is InChI=1S/C52H36N2/c1-4-19-38(20-5-1)42-30-17-34-48(51(42)39-22-6-2-7-23-39)53(40-25-8-3-9-26-40)49-35-18-36-50-52(49)45-29-13-15-33-47(45)54(50)46-32-14-12-28-44(46)43-31-16-24-37-21-10-11-27-41(37)43/h1-36H.